The fourth-order valence-electron chi connectivity index (χ4n) is 4.21. The molecular weight excluding hydrogens is 476 g/mol. The normalized spacial score (nSPS) is 13.4. The molecule has 0 heterocycles. The molecule has 200 valence electrons. The molecule has 2 rings (SSSR count). The van der Waals surface area contributed by atoms with Gasteiger partial charge < -0.3 is 20.5 Å². The van der Waals surface area contributed by atoms with Crippen molar-refractivity contribution in [3.63, 3.8) is 0 Å². The topological polar surface area (TPSA) is 108 Å². The number of nitrogens with one attached hydrogen (secondary N) is 1. The van der Waals surface area contributed by atoms with Gasteiger partial charge in [-0.15, -0.1) is 0 Å². The number of hydrogen-bond donors (Lipinski definition) is 2. The summed E-state index contributed by atoms with van der Waals surface area (Å²) in [7, 11) is -1.74. The van der Waals surface area contributed by atoms with Gasteiger partial charge in [0.15, 0.2) is 9.84 Å². The maximum Gasteiger partial charge on any atom is 0.307 e. The van der Waals surface area contributed by atoms with Crippen molar-refractivity contribution in [2.45, 2.75) is 76.3 Å². The van der Waals surface area contributed by atoms with E-state index in [0.29, 0.717) is 32.4 Å². The summed E-state index contributed by atoms with van der Waals surface area (Å²) in [6.07, 6.45) is 2.58. The van der Waals surface area contributed by atoms with Gasteiger partial charge in [-0.25, -0.2) is 8.42 Å². The van der Waals surface area contributed by atoms with Crippen molar-refractivity contribution >= 4 is 15.8 Å². The van der Waals surface area contributed by atoms with E-state index in [4.69, 9.17) is 15.2 Å². The Hall–Kier alpha value is -2.42. The number of rotatable bonds is 17. The molecule has 2 aromatic carbocycles. The summed E-state index contributed by atoms with van der Waals surface area (Å²) < 4.78 is 36.6. The lowest BCUT2D eigenvalue weighted by molar-refractivity contribution is -0.149. The van der Waals surface area contributed by atoms with Crippen LogP contribution in [0.25, 0.3) is 0 Å². The second-order valence-electron chi connectivity index (χ2n) is 9.18. The van der Waals surface area contributed by atoms with Gasteiger partial charge in [-0.2, -0.15) is 0 Å². The summed E-state index contributed by atoms with van der Waals surface area (Å²) in [5.41, 5.74) is 8.55. The number of carbonyl (C=O) groups is 1. The first-order chi connectivity index (χ1) is 17.3. The van der Waals surface area contributed by atoms with Crippen LogP contribution in [0, 0.1) is 0 Å². The van der Waals surface area contributed by atoms with E-state index >= 15 is 0 Å². The van der Waals surface area contributed by atoms with Crippen LogP contribution in [0.4, 0.5) is 0 Å². The van der Waals surface area contributed by atoms with Crippen molar-refractivity contribution in [2.75, 3.05) is 19.4 Å². The molecule has 0 bridgehead atoms. The van der Waals surface area contributed by atoms with Crippen molar-refractivity contribution in [1.29, 1.82) is 0 Å². The van der Waals surface area contributed by atoms with Crippen LogP contribution in [0.3, 0.4) is 0 Å². The number of esters is 1. The molecule has 7 nitrogen and oxygen atoms in total. The van der Waals surface area contributed by atoms with Gasteiger partial charge in [0.2, 0.25) is 0 Å². The maximum absolute atomic E-state index is 12.8. The van der Waals surface area contributed by atoms with Crippen LogP contribution >= 0.6 is 0 Å². The van der Waals surface area contributed by atoms with Gasteiger partial charge in [0.1, 0.15) is 11.9 Å². The summed E-state index contributed by atoms with van der Waals surface area (Å²) >= 11 is 0. The first-order valence-electron chi connectivity index (χ1n) is 12.8. The summed E-state index contributed by atoms with van der Waals surface area (Å²) in [4.78, 5) is 12.7. The van der Waals surface area contributed by atoms with Gasteiger partial charge in [0.05, 0.1) is 24.5 Å². The molecule has 0 aromatic heterocycles. The Labute approximate surface area is 216 Å². The highest BCUT2D eigenvalue weighted by Crippen LogP contribution is 2.17. The van der Waals surface area contributed by atoms with Crippen LogP contribution in [-0.2, 0) is 32.3 Å². The number of hydrogen-bond acceptors (Lipinski definition) is 7. The average molecular weight is 519 g/mol. The number of carbonyl (C=O) groups excluding carboxylic acids is 1. The van der Waals surface area contributed by atoms with E-state index in [1.54, 1.807) is 7.11 Å². The largest absolute Gasteiger partial charge is 0.497 e. The molecule has 2 atom stereocenters. The molecule has 0 aliphatic rings. The van der Waals surface area contributed by atoms with Gasteiger partial charge in [-0.3, -0.25) is 4.79 Å². The van der Waals surface area contributed by atoms with E-state index in [0.717, 1.165) is 29.7 Å². The molecule has 0 radical (unpaired) electrons. The molecule has 0 saturated heterocycles. The molecule has 8 heteroatoms. The number of sulfone groups is 1. The smallest absolute Gasteiger partial charge is 0.307 e. The van der Waals surface area contributed by atoms with E-state index in [-0.39, 0.29) is 12.2 Å². The average Bonchev–Trinajstić information content (AvgIpc) is 2.87. The van der Waals surface area contributed by atoms with E-state index in [1.807, 2.05) is 68.4 Å². The van der Waals surface area contributed by atoms with Gasteiger partial charge in [-0.1, -0.05) is 69.2 Å². The van der Waals surface area contributed by atoms with Crippen molar-refractivity contribution in [2.24, 2.45) is 5.73 Å². The third-order valence-electron chi connectivity index (χ3n) is 6.20. The molecule has 0 unspecified atom stereocenters. The van der Waals surface area contributed by atoms with Crippen LogP contribution in [0.15, 0.2) is 54.6 Å². The monoisotopic (exact) mass is 518 g/mol. The van der Waals surface area contributed by atoms with Gasteiger partial charge in [0.25, 0.3) is 0 Å². The molecular formula is C28H42N2O5S. The van der Waals surface area contributed by atoms with Crippen molar-refractivity contribution in [3.8, 4) is 5.75 Å². The summed E-state index contributed by atoms with van der Waals surface area (Å²) in [5.74, 6) is 0.0275. The minimum Gasteiger partial charge on any atom is -0.497 e. The van der Waals surface area contributed by atoms with Crippen LogP contribution in [0.5, 0.6) is 5.75 Å². The van der Waals surface area contributed by atoms with E-state index in [1.165, 1.54) is 0 Å². The molecule has 0 fully saturated rings. The molecule has 0 saturated carbocycles. The fourth-order valence-corrected chi connectivity index (χ4v) is 6.18. The SMILES string of the molecule is CCCC(CCC)S(=O)(=O)CCC(=O)O[C@H](CNCc1cccc(OC)c1)[C@@H](N)Cc1ccccc1. The number of methoxy groups -OCH3 is 1. The summed E-state index contributed by atoms with van der Waals surface area (Å²) in [5, 5.41) is 2.92. The highest BCUT2D eigenvalue weighted by molar-refractivity contribution is 7.92. The Balaban J connectivity index is 2.01. The Morgan fingerprint density at radius 3 is 2.31 bits per heavy atom. The summed E-state index contributed by atoms with van der Waals surface area (Å²) in [6, 6.07) is 17.1. The second kappa shape index (κ2) is 15.6. The highest BCUT2D eigenvalue weighted by Gasteiger charge is 2.27. The Kier molecular flexibility index (Phi) is 12.9. The molecule has 0 amide bonds. The van der Waals surface area contributed by atoms with Crippen LogP contribution in [0.2, 0.25) is 0 Å². The fraction of sp³-hybridized carbons (Fsp3) is 0.536. The molecule has 0 aliphatic heterocycles. The maximum atomic E-state index is 12.8. The minimum atomic E-state index is -3.37. The first-order valence-corrected chi connectivity index (χ1v) is 14.5. The zero-order valence-corrected chi connectivity index (χ0v) is 22.6. The zero-order chi connectivity index (χ0) is 26.4. The first kappa shape index (κ1) is 29.8. The predicted octanol–water partition coefficient (Wildman–Crippen LogP) is 4.04. The lowest BCUT2D eigenvalue weighted by Crippen LogP contribution is -2.46. The summed E-state index contributed by atoms with van der Waals surface area (Å²) in [6.45, 7) is 4.85. The van der Waals surface area contributed by atoms with Crippen LogP contribution in [0.1, 0.15) is 57.1 Å². The molecule has 2 aromatic rings. The van der Waals surface area contributed by atoms with E-state index < -0.39 is 33.2 Å². The Bertz CT molecular complexity index is 1010. The van der Waals surface area contributed by atoms with E-state index in [2.05, 4.69) is 5.32 Å². The van der Waals surface area contributed by atoms with Gasteiger partial charge in [-0.05, 0) is 42.5 Å². The third-order valence-corrected chi connectivity index (χ3v) is 8.46. The van der Waals surface area contributed by atoms with Gasteiger partial charge in [0, 0.05) is 19.1 Å². The zero-order valence-electron chi connectivity index (χ0n) is 21.8. The minimum absolute atomic E-state index is 0.170. The molecule has 36 heavy (non-hydrogen) atoms. The quantitative estimate of drug-likeness (QED) is 0.304. The lowest BCUT2D eigenvalue weighted by atomic mass is 10.0. The predicted molar refractivity (Wildman–Crippen MR) is 145 cm³/mol. The van der Waals surface area contributed by atoms with Crippen LogP contribution in [-0.4, -0.2) is 51.2 Å². The number of benzene rings is 2. The Morgan fingerprint density at radius 1 is 1.00 bits per heavy atom. The highest BCUT2D eigenvalue weighted by atomic mass is 32.2. The molecule has 0 aliphatic carbocycles. The van der Waals surface area contributed by atoms with Crippen molar-refractivity contribution in [1.82, 2.24) is 5.32 Å². The third kappa shape index (κ3) is 10.3. The van der Waals surface area contributed by atoms with Crippen molar-refractivity contribution in [3.05, 3.63) is 65.7 Å². The Morgan fingerprint density at radius 2 is 1.67 bits per heavy atom. The second-order valence-corrected chi connectivity index (χ2v) is 11.6. The van der Waals surface area contributed by atoms with Gasteiger partial charge >= 0.3 is 5.97 Å². The molecule has 0 spiro atoms. The van der Waals surface area contributed by atoms with E-state index in [9.17, 15) is 13.2 Å². The number of nitrogens with two attached hydrogens (primary N) is 1. The van der Waals surface area contributed by atoms with Crippen LogP contribution < -0.4 is 15.8 Å². The molecule has 3 N–H and O–H groups in total. The lowest BCUT2D eigenvalue weighted by Gasteiger charge is -2.25. The standard InChI is InChI=1S/C28H42N2O5S/c1-4-10-25(11-5-2)36(32,33)17-16-28(31)35-27(26(29)19-22-12-7-6-8-13-22)21-30-20-23-14-9-15-24(18-23)34-3/h6-9,12-15,18,25-27,30H,4-5,10-11,16-17,19-21,29H2,1-3H3/t26-,27+/m0/s1. The van der Waals surface area contributed by atoms with Crippen molar-refractivity contribution < 1.29 is 22.7 Å². The number of ether oxygens (including phenoxy) is 2.